The van der Waals surface area contributed by atoms with Crippen LogP contribution in [0.5, 0.6) is 0 Å². The number of hydrogen-bond donors (Lipinski definition) is 2. The molecule has 1 N–H and O–H groups in total. The van der Waals surface area contributed by atoms with Crippen molar-refractivity contribution in [2.75, 3.05) is 26.2 Å². The molecule has 2 fully saturated rings. The Morgan fingerprint density at radius 2 is 1.73 bits per heavy atom. The van der Waals surface area contributed by atoms with Crippen LogP contribution in [0.2, 0.25) is 0 Å². The smallest absolute Gasteiger partial charge is 0.109 e. The molecular formula is C11H22N2OS. The van der Waals surface area contributed by atoms with Crippen LogP contribution >= 0.6 is 12.8 Å². The maximum absolute atomic E-state index is 9.91. The van der Waals surface area contributed by atoms with Gasteiger partial charge in [0.1, 0.15) is 6.23 Å². The van der Waals surface area contributed by atoms with Gasteiger partial charge in [0.25, 0.3) is 0 Å². The number of aliphatic hydroxyl groups excluding tert-OH is 1. The Morgan fingerprint density at radius 1 is 1.20 bits per heavy atom. The molecule has 4 heteroatoms. The monoisotopic (exact) mass is 230 g/mol. The summed E-state index contributed by atoms with van der Waals surface area (Å²) in [4.78, 5) is 2.21. The fraction of sp³-hybridized carbons (Fsp3) is 1.00. The van der Waals surface area contributed by atoms with Crippen molar-refractivity contribution >= 4 is 12.8 Å². The van der Waals surface area contributed by atoms with E-state index >= 15 is 0 Å². The minimum absolute atomic E-state index is 0.246. The van der Waals surface area contributed by atoms with Gasteiger partial charge in [0.15, 0.2) is 0 Å². The van der Waals surface area contributed by atoms with Crippen molar-refractivity contribution in [1.29, 1.82) is 0 Å². The third-order valence-electron chi connectivity index (χ3n) is 3.85. The lowest BCUT2D eigenvalue weighted by Gasteiger charge is -2.55. The molecule has 0 saturated carbocycles. The second-order valence-electron chi connectivity index (χ2n) is 5.52. The summed E-state index contributed by atoms with van der Waals surface area (Å²) in [5.74, 6) is 0.340. The molecule has 0 aromatic carbocycles. The van der Waals surface area contributed by atoms with Crippen molar-refractivity contribution in [2.45, 2.75) is 32.9 Å². The van der Waals surface area contributed by atoms with Gasteiger partial charge in [0, 0.05) is 26.2 Å². The van der Waals surface area contributed by atoms with Crippen molar-refractivity contribution in [3.8, 4) is 0 Å². The Hall–Kier alpha value is 0.230. The van der Waals surface area contributed by atoms with E-state index in [-0.39, 0.29) is 6.23 Å². The van der Waals surface area contributed by atoms with Crippen LogP contribution in [-0.4, -0.2) is 46.7 Å². The highest BCUT2D eigenvalue weighted by Gasteiger charge is 2.46. The predicted molar refractivity (Wildman–Crippen MR) is 64.6 cm³/mol. The van der Waals surface area contributed by atoms with E-state index in [1.807, 2.05) is 0 Å². The van der Waals surface area contributed by atoms with Crippen molar-refractivity contribution in [3.63, 3.8) is 0 Å². The highest BCUT2D eigenvalue weighted by Crippen LogP contribution is 2.41. The van der Waals surface area contributed by atoms with Crippen LogP contribution in [0.3, 0.4) is 0 Å². The Bertz CT molecular complexity index is 219. The second-order valence-corrected chi connectivity index (χ2v) is 6.08. The fourth-order valence-electron chi connectivity index (χ4n) is 2.71. The van der Waals surface area contributed by atoms with E-state index in [9.17, 15) is 5.11 Å². The second kappa shape index (κ2) is 4.24. The van der Waals surface area contributed by atoms with Gasteiger partial charge in [-0.15, -0.1) is 0 Å². The number of likely N-dealkylation sites (tertiary alicyclic amines) is 1. The summed E-state index contributed by atoms with van der Waals surface area (Å²) in [5, 5.41) is 9.91. The van der Waals surface area contributed by atoms with Crippen LogP contribution in [0.25, 0.3) is 0 Å². The summed E-state index contributed by atoms with van der Waals surface area (Å²) in [5.41, 5.74) is 0.495. The number of hydrogen-bond acceptors (Lipinski definition) is 4. The summed E-state index contributed by atoms with van der Waals surface area (Å²) < 4.78 is 2.10. The van der Waals surface area contributed by atoms with E-state index < -0.39 is 0 Å². The molecule has 0 bridgehead atoms. The molecule has 2 aliphatic heterocycles. The Morgan fingerprint density at radius 3 is 2.20 bits per heavy atom. The number of piperidine rings is 1. The van der Waals surface area contributed by atoms with Gasteiger partial charge in [-0.05, 0) is 24.2 Å². The van der Waals surface area contributed by atoms with Crippen LogP contribution in [-0.2, 0) is 0 Å². The molecule has 2 rings (SSSR count). The SMILES string of the molecule is CC(C)C(O)N1CC2(CCN(S)CC2)C1. The molecule has 0 radical (unpaired) electrons. The Balaban J connectivity index is 1.82. The average Bonchev–Trinajstić information content (AvgIpc) is 2.15. The minimum Gasteiger partial charge on any atom is -0.378 e. The van der Waals surface area contributed by atoms with Gasteiger partial charge in [-0.1, -0.05) is 26.7 Å². The molecule has 15 heavy (non-hydrogen) atoms. The van der Waals surface area contributed by atoms with Crippen LogP contribution in [0.4, 0.5) is 0 Å². The standard InChI is InChI=1S/C11H22N2OS/c1-9(2)10(14)12-7-11(8-12)3-5-13(15)6-4-11/h9-10,14-15H,3-8H2,1-2H3. The fourth-order valence-corrected chi connectivity index (χ4v) is 2.91. The topological polar surface area (TPSA) is 26.7 Å². The molecule has 88 valence electrons. The van der Waals surface area contributed by atoms with Crippen molar-refractivity contribution in [3.05, 3.63) is 0 Å². The first kappa shape index (κ1) is 11.7. The van der Waals surface area contributed by atoms with Gasteiger partial charge < -0.3 is 5.11 Å². The first-order chi connectivity index (χ1) is 7.02. The molecule has 1 spiro atoms. The van der Waals surface area contributed by atoms with Crippen LogP contribution in [0.1, 0.15) is 26.7 Å². The van der Waals surface area contributed by atoms with E-state index in [2.05, 4.69) is 35.9 Å². The maximum atomic E-state index is 9.91. The van der Waals surface area contributed by atoms with Crippen LogP contribution in [0.15, 0.2) is 0 Å². The zero-order valence-corrected chi connectivity index (χ0v) is 10.6. The molecule has 1 atom stereocenters. The molecule has 0 aliphatic carbocycles. The lowest BCUT2D eigenvalue weighted by molar-refractivity contribution is -0.141. The van der Waals surface area contributed by atoms with Gasteiger partial charge >= 0.3 is 0 Å². The van der Waals surface area contributed by atoms with Crippen molar-refractivity contribution < 1.29 is 5.11 Å². The van der Waals surface area contributed by atoms with E-state index in [0.717, 1.165) is 26.2 Å². The number of nitrogens with zero attached hydrogens (tertiary/aromatic N) is 2. The van der Waals surface area contributed by atoms with Gasteiger partial charge in [0.2, 0.25) is 0 Å². The molecule has 0 amide bonds. The largest absolute Gasteiger partial charge is 0.378 e. The average molecular weight is 230 g/mol. The highest BCUT2D eigenvalue weighted by atomic mass is 32.1. The summed E-state index contributed by atoms with van der Waals surface area (Å²) in [6.45, 7) is 8.49. The van der Waals surface area contributed by atoms with Gasteiger partial charge in [-0.2, -0.15) is 0 Å². The number of thiol groups is 1. The summed E-state index contributed by atoms with van der Waals surface area (Å²) in [6.07, 6.45) is 2.22. The molecule has 0 aromatic heterocycles. The lowest BCUT2D eigenvalue weighted by atomic mass is 9.72. The first-order valence-electron chi connectivity index (χ1n) is 5.88. The zero-order chi connectivity index (χ0) is 11.1. The third-order valence-corrected chi connectivity index (χ3v) is 4.25. The van der Waals surface area contributed by atoms with Gasteiger partial charge in [-0.3, -0.25) is 9.21 Å². The normalized spacial score (nSPS) is 29.4. The first-order valence-corrected chi connectivity index (χ1v) is 6.28. The van der Waals surface area contributed by atoms with Crippen molar-refractivity contribution in [1.82, 2.24) is 9.21 Å². The van der Waals surface area contributed by atoms with Crippen molar-refractivity contribution in [2.24, 2.45) is 11.3 Å². The Labute approximate surface area is 98.0 Å². The lowest BCUT2D eigenvalue weighted by Crippen LogP contribution is -2.63. The molecule has 0 aromatic rings. The molecule has 2 saturated heterocycles. The zero-order valence-electron chi connectivity index (χ0n) is 9.69. The number of aliphatic hydroxyl groups is 1. The Kier molecular flexibility index (Phi) is 3.31. The van der Waals surface area contributed by atoms with E-state index in [1.165, 1.54) is 12.8 Å². The quantitative estimate of drug-likeness (QED) is 0.698. The van der Waals surface area contributed by atoms with E-state index in [4.69, 9.17) is 0 Å². The van der Waals surface area contributed by atoms with E-state index in [1.54, 1.807) is 0 Å². The minimum atomic E-state index is -0.246. The van der Waals surface area contributed by atoms with Gasteiger partial charge in [0.05, 0.1) is 0 Å². The van der Waals surface area contributed by atoms with Gasteiger partial charge in [-0.25, -0.2) is 0 Å². The highest BCUT2D eigenvalue weighted by molar-refractivity contribution is 7.77. The molecule has 1 unspecified atom stereocenters. The predicted octanol–water partition coefficient (Wildman–Crippen LogP) is 1.20. The summed E-state index contributed by atoms with van der Waals surface area (Å²) >= 11 is 4.37. The molecule has 2 heterocycles. The third kappa shape index (κ3) is 2.33. The summed E-state index contributed by atoms with van der Waals surface area (Å²) in [6, 6.07) is 0. The van der Waals surface area contributed by atoms with Crippen LogP contribution < -0.4 is 0 Å². The molecular weight excluding hydrogens is 208 g/mol. The van der Waals surface area contributed by atoms with Crippen LogP contribution in [0, 0.1) is 11.3 Å². The molecule has 3 nitrogen and oxygen atoms in total. The van der Waals surface area contributed by atoms with E-state index in [0.29, 0.717) is 11.3 Å². The summed E-state index contributed by atoms with van der Waals surface area (Å²) in [7, 11) is 0. The molecule has 2 aliphatic rings. The number of rotatable bonds is 2. The maximum Gasteiger partial charge on any atom is 0.109 e.